The molecular formula is C15H20NO4. The molecule has 1 N–H and O–H groups in total. The fraction of sp³-hybridized carbons (Fsp3) is 0.467. The minimum atomic E-state index is -0.738. The normalized spacial score (nSPS) is 12.4. The van der Waals surface area contributed by atoms with E-state index in [-0.39, 0.29) is 0 Å². The second-order valence-electron chi connectivity index (χ2n) is 5.37. The molecule has 1 rings (SSSR count). The van der Waals surface area contributed by atoms with Gasteiger partial charge in [-0.25, -0.2) is 4.79 Å². The molecule has 0 spiro atoms. The lowest BCUT2D eigenvalue weighted by Crippen LogP contribution is -2.41. The Kier molecular flexibility index (Phi) is 5.55. The number of rotatable bonds is 5. The highest BCUT2D eigenvalue weighted by molar-refractivity contribution is 5.73. The maximum Gasteiger partial charge on any atom is 0.408 e. The first kappa shape index (κ1) is 16.0. The first-order valence-electron chi connectivity index (χ1n) is 6.34. The third kappa shape index (κ3) is 5.73. The van der Waals surface area contributed by atoms with Crippen LogP contribution in [0.3, 0.4) is 0 Å². The number of carbonyl (C=O) groups excluding carboxylic acids is 2. The second-order valence-corrected chi connectivity index (χ2v) is 5.37. The number of nitrogens with one attached hydrogen (secondary N) is 1. The Morgan fingerprint density at radius 2 is 1.90 bits per heavy atom. The Bertz CT molecular complexity index is 448. The summed E-state index contributed by atoms with van der Waals surface area (Å²) in [6.07, 6.45) is 1.53. The Hall–Kier alpha value is -2.04. The monoisotopic (exact) mass is 278 g/mol. The molecule has 1 atom stereocenters. The molecule has 1 aromatic carbocycles. The average molecular weight is 278 g/mol. The third-order valence-electron chi connectivity index (χ3n) is 2.43. The van der Waals surface area contributed by atoms with Crippen LogP contribution in [0.15, 0.2) is 24.3 Å². The molecule has 1 amide bonds. The largest absolute Gasteiger partial charge is 0.497 e. The number of hydrogen-bond donors (Lipinski definition) is 1. The van der Waals surface area contributed by atoms with Crippen LogP contribution < -0.4 is 10.1 Å². The molecule has 1 radical (unpaired) electrons. The molecular weight excluding hydrogens is 258 g/mol. The van der Waals surface area contributed by atoms with Gasteiger partial charge in [-0.15, -0.1) is 0 Å². The molecule has 5 heteroatoms. The van der Waals surface area contributed by atoms with Gasteiger partial charge >= 0.3 is 6.09 Å². The SMILES string of the molecule is COc1ccc(C[C@@H]([C]=O)NC(=O)OC(C)(C)C)cc1. The molecule has 0 bridgehead atoms. The van der Waals surface area contributed by atoms with E-state index in [1.165, 1.54) is 0 Å². The van der Waals surface area contributed by atoms with E-state index in [2.05, 4.69) is 5.32 Å². The summed E-state index contributed by atoms with van der Waals surface area (Å²) in [5, 5.41) is 2.48. The van der Waals surface area contributed by atoms with Gasteiger partial charge in [-0.05, 0) is 38.5 Å². The van der Waals surface area contributed by atoms with Crippen molar-refractivity contribution in [2.24, 2.45) is 0 Å². The quantitative estimate of drug-likeness (QED) is 0.897. The van der Waals surface area contributed by atoms with Gasteiger partial charge in [0.25, 0.3) is 0 Å². The molecule has 0 aliphatic carbocycles. The average Bonchev–Trinajstić information content (AvgIpc) is 2.36. The number of amides is 1. The van der Waals surface area contributed by atoms with Gasteiger partial charge in [0.1, 0.15) is 17.4 Å². The Balaban J connectivity index is 2.58. The zero-order chi connectivity index (χ0) is 15.2. The van der Waals surface area contributed by atoms with Crippen LogP contribution in [0, 0.1) is 0 Å². The van der Waals surface area contributed by atoms with Gasteiger partial charge in [-0.3, -0.25) is 4.79 Å². The second kappa shape index (κ2) is 6.93. The summed E-state index contributed by atoms with van der Waals surface area (Å²) in [6.45, 7) is 5.28. The van der Waals surface area contributed by atoms with Gasteiger partial charge in [0.15, 0.2) is 0 Å². The van der Waals surface area contributed by atoms with Crippen molar-refractivity contribution in [3.8, 4) is 5.75 Å². The molecule has 1 aromatic rings. The summed E-state index contributed by atoms with van der Waals surface area (Å²) in [7, 11) is 1.58. The standard InChI is InChI=1S/C15H20NO4/c1-15(2,3)20-14(18)16-12(10-17)9-11-5-7-13(19-4)8-6-11/h5-8,12H,9H2,1-4H3,(H,16,18)/t12-/m0/s1. The molecule has 0 aromatic heterocycles. The van der Waals surface area contributed by atoms with Crippen LogP contribution in [-0.4, -0.2) is 31.1 Å². The molecule has 0 unspecified atom stereocenters. The summed E-state index contributed by atoms with van der Waals surface area (Å²) in [6, 6.07) is 6.52. The van der Waals surface area contributed by atoms with E-state index in [0.717, 1.165) is 11.3 Å². The van der Waals surface area contributed by atoms with E-state index in [9.17, 15) is 9.59 Å². The van der Waals surface area contributed by atoms with Crippen molar-refractivity contribution in [3.63, 3.8) is 0 Å². The zero-order valence-corrected chi connectivity index (χ0v) is 12.2. The van der Waals surface area contributed by atoms with Crippen molar-refractivity contribution in [1.29, 1.82) is 0 Å². The van der Waals surface area contributed by atoms with Crippen molar-refractivity contribution in [2.45, 2.75) is 38.8 Å². The van der Waals surface area contributed by atoms with E-state index in [4.69, 9.17) is 9.47 Å². The van der Waals surface area contributed by atoms with Gasteiger partial charge in [0.05, 0.1) is 7.11 Å². The molecule has 0 aliphatic heterocycles. The molecule has 20 heavy (non-hydrogen) atoms. The Morgan fingerprint density at radius 1 is 1.30 bits per heavy atom. The lowest BCUT2D eigenvalue weighted by molar-refractivity contribution is 0.0517. The van der Waals surface area contributed by atoms with Crippen LogP contribution in [-0.2, 0) is 16.0 Å². The highest BCUT2D eigenvalue weighted by Crippen LogP contribution is 2.13. The van der Waals surface area contributed by atoms with Gasteiger partial charge < -0.3 is 14.8 Å². The maximum atomic E-state index is 11.6. The van der Waals surface area contributed by atoms with Crippen LogP contribution in [0.5, 0.6) is 5.75 Å². The fourth-order valence-electron chi connectivity index (χ4n) is 1.57. The topological polar surface area (TPSA) is 64.6 Å². The number of hydrogen-bond acceptors (Lipinski definition) is 4. The molecule has 5 nitrogen and oxygen atoms in total. The molecule has 109 valence electrons. The first-order valence-corrected chi connectivity index (χ1v) is 6.34. The van der Waals surface area contributed by atoms with Gasteiger partial charge in [0, 0.05) is 6.42 Å². The summed E-state index contributed by atoms with van der Waals surface area (Å²) in [4.78, 5) is 22.5. The van der Waals surface area contributed by atoms with Crippen LogP contribution in [0.1, 0.15) is 26.3 Å². The fourth-order valence-corrected chi connectivity index (χ4v) is 1.57. The zero-order valence-electron chi connectivity index (χ0n) is 12.2. The number of carbonyl (C=O) groups is 1. The predicted octanol–water partition coefficient (Wildman–Crippen LogP) is 2.24. The Morgan fingerprint density at radius 3 is 2.35 bits per heavy atom. The number of ether oxygens (including phenoxy) is 2. The highest BCUT2D eigenvalue weighted by atomic mass is 16.6. The van der Waals surface area contributed by atoms with Gasteiger partial charge in [-0.2, -0.15) is 0 Å². The van der Waals surface area contributed by atoms with E-state index < -0.39 is 17.7 Å². The smallest absolute Gasteiger partial charge is 0.408 e. The maximum absolute atomic E-state index is 11.6. The minimum absolute atomic E-state index is 0.354. The van der Waals surface area contributed by atoms with Gasteiger partial charge in [-0.1, -0.05) is 12.1 Å². The molecule has 0 heterocycles. The minimum Gasteiger partial charge on any atom is -0.497 e. The van der Waals surface area contributed by atoms with Crippen LogP contribution in [0.2, 0.25) is 0 Å². The van der Waals surface area contributed by atoms with Crippen LogP contribution >= 0.6 is 0 Å². The molecule has 0 saturated heterocycles. The van der Waals surface area contributed by atoms with Crippen molar-refractivity contribution < 1.29 is 19.1 Å². The number of alkyl carbamates (subject to hydrolysis) is 1. The van der Waals surface area contributed by atoms with Crippen LogP contribution in [0.4, 0.5) is 4.79 Å². The predicted molar refractivity (Wildman–Crippen MR) is 75.5 cm³/mol. The van der Waals surface area contributed by atoms with Crippen molar-refractivity contribution >= 4 is 12.4 Å². The lowest BCUT2D eigenvalue weighted by atomic mass is 10.1. The van der Waals surface area contributed by atoms with E-state index >= 15 is 0 Å². The molecule has 0 fully saturated rings. The van der Waals surface area contributed by atoms with Crippen molar-refractivity contribution in [3.05, 3.63) is 29.8 Å². The van der Waals surface area contributed by atoms with E-state index in [0.29, 0.717) is 6.42 Å². The summed E-state index contributed by atoms with van der Waals surface area (Å²) >= 11 is 0. The number of methoxy groups -OCH3 is 1. The highest BCUT2D eigenvalue weighted by Gasteiger charge is 2.19. The van der Waals surface area contributed by atoms with Crippen molar-refractivity contribution in [1.82, 2.24) is 5.32 Å². The summed E-state index contributed by atoms with van der Waals surface area (Å²) < 4.78 is 10.1. The van der Waals surface area contributed by atoms with E-state index in [1.807, 2.05) is 12.1 Å². The summed E-state index contributed by atoms with van der Waals surface area (Å²) in [5.74, 6) is 0.737. The Labute approximate surface area is 119 Å². The third-order valence-corrected chi connectivity index (χ3v) is 2.43. The van der Waals surface area contributed by atoms with Gasteiger partial charge in [0.2, 0.25) is 6.29 Å². The molecule has 0 saturated carbocycles. The summed E-state index contributed by atoms with van der Waals surface area (Å²) in [5.41, 5.74) is 0.299. The van der Waals surface area contributed by atoms with Crippen molar-refractivity contribution in [2.75, 3.05) is 7.11 Å². The first-order chi connectivity index (χ1) is 9.34. The van der Waals surface area contributed by atoms with Crippen LogP contribution in [0.25, 0.3) is 0 Å². The lowest BCUT2D eigenvalue weighted by Gasteiger charge is -2.21. The van der Waals surface area contributed by atoms with E-state index in [1.54, 1.807) is 46.3 Å². The number of benzene rings is 1. The molecule has 0 aliphatic rings.